The number of para-hydroxylation sites is 1. The van der Waals surface area contributed by atoms with Gasteiger partial charge in [-0.3, -0.25) is 14.3 Å². The second-order valence-corrected chi connectivity index (χ2v) is 8.86. The molecule has 164 valence electrons. The third-order valence-corrected chi connectivity index (χ3v) is 6.45. The number of pyridine rings is 1. The van der Waals surface area contributed by atoms with E-state index in [4.69, 9.17) is 21.0 Å². The van der Waals surface area contributed by atoms with E-state index in [1.807, 2.05) is 49.4 Å². The molecule has 0 aliphatic heterocycles. The molecule has 0 aliphatic rings. The van der Waals surface area contributed by atoms with Crippen LogP contribution in [-0.4, -0.2) is 19.5 Å². The second-order valence-electron chi connectivity index (χ2n) is 7.48. The first-order valence-electron chi connectivity index (χ1n) is 10.3. The molecule has 33 heavy (non-hydrogen) atoms. The van der Waals surface area contributed by atoms with Crippen LogP contribution in [0.2, 0.25) is 5.02 Å². The number of aromatic nitrogens is 4. The van der Waals surface area contributed by atoms with Gasteiger partial charge in [0.15, 0.2) is 5.16 Å². The van der Waals surface area contributed by atoms with Crippen molar-refractivity contribution in [2.24, 2.45) is 0 Å². The first-order valence-corrected chi connectivity index (χ1v) is 11.7. The van der Waals surface area contributed by atoms with E-state index in [1.165, 1.54) is 11.8 Å². The van der Waals surface area contributed by atoms with E-state index in [-0.39, 0.29) is 5.56 Å². The van der Waals surface area contributed by atoms with Crippen LogP contribution >= 0.6 is 23.4 Å². The largest absolute Gasteiger partial charge is 0.441 e. The van der Waals surface area contributed by atoms with Gasteiger partial charge in [0.1, 0.15) is 5.76 Å². The molecule has 0 radical (unpaired) electrons. The molecule has 0 saturated heterocycles. The molecule has 2 aromatic carbocycles. The Balaban J connectivity index is 1.48. The minimum atomic E-state index is -0.0781. The highest BCUT2D eigenvalue weighted by atomic mass is 35.5. The Morgan fingerprint density at radius 3 is 2.64 bits per heavy atom. The van der Waals surface area contributed by atoms with Crippen LogP contribution in [0.4, 0.5) is 0 Å². The molecule has 5 aromatic rings. The van der Waals surface area contributed by atoms with Crippen LogP contribution in [0.5, 0.6) is 0 Å². The predicted molar refractivity (Wildman–Crippen MR) is 131 cm³/mol. The maximum atomic E-state index is 13.3. The number of hydrogen-bond acceptors (Lipinski definition) is 6. The van der Waals surface area contributed by atoms with Gasteiger partial charge in [0.25, 0.3) is 5.56 Å². The summed E-state index contributed by atoms with van der Waals surface area (Å²) < 4.78 is 7.58. The van der Waals surface area contributed by atoms with Crippen molar-refractivity contribution in [2.45, 2.75) is 24.4 Å². The standard InChI is InChI=1S/C25H19ClN4O2S/c1-16-22(28-23(32-16)18-8-10-19(26)11-9-18)15-33-25-29-21-7-3-2-6-20(21)24(31)30(25)14-17-5-4-12-27-13-17/h2-13H,14-15H2,1H3. The monoisotopic (exact) mass is 474 g/mol. The van der Waals surface area contributed by atoms with Gasteiger partial charge in [-0.1, -0.05) is 41.6 Å². The van der Waals surface area contributed by atoms with Crippen molar-refractivity contribution in [2.75, 3.05) is 0 Å². The average Bonchev–Trinajstić information content (AvgIpc) is 3.21. The molecule has 8 heteroatoms. The zero-order chi connectivity index (χ0) is 22.8. The van der Waals surface area contributed by atoms with Crippen LogP contribution in [0, 0.1) is 6.92 Å². The summed E-state index contributed by atoms with van der Waals surface area (Å²) in [6.07, 6.45) is 3.47. The normalized spacial score (nSPS) is 11.2. The molecule has 0 fully saturated rings. The lowest BCUT2D eigenvalue weighted by molar-refractivity contribution is 0.540. The van der Waals surface area contributed by atoms with Crippen LogP contribution in [0.3, 0.4) is 0 Å². The average molecular weight is 475 g/mol. The molecular formula is C25H19ClN4O2S. The summed E-state index contributed by atoms with van der Waals surface area (Å²) in [5.41, 5.74) is 3.19. The summed E-state index contributed by atoms with van der Waals surface area (Å²) in [7, 11) is 0. The number of thioether (sulfide) groups is 1. The molecule has 0 N–H and O–H groups in total. The van der Waals surface area contributed by atoms with Gasteiger partial charge in [0, 0.05) is 28.7 Å². The van der Waals surface area contributed by atoms with Gasteiger partial charge in [0.05, 0.1) is 23.1 Å². The summed E-state index contributed by atoms with van der Waals surface area (Å²) >= 11 is 7.45. The van der Waals surface area contributed by atoms with Crippen LogP contribution in [0.15, 0.2) is 87.4 Å². The molecule has 0 atom stereocenters. The van der Waals surface area contributed by atoms with Gasteiger partial charge < -0.3 is 4.42 Å². The Kier molecular flexibility index (Phi) is 5.98. The first-order chi connectivity index (χ1) is 16.1. The molecule has 3 aromatic heterocycles. The fourth-order valence-corrected chi connectivity index (χ4v) is 4.61. The third-order valence-electron chi connectivity index (χ3n) is 5.21. The predicted octanol–water partition coefficient (Wildman–Crippen LogP) is 5.75. The SMILES string of the molecule is Cc1oc(-c2ccc(Cl)cc2)nc1CSc1nc2ccccc2c(=O)n1Cc1cccnc1. The molecule has 0 saturated carbocycles. The highest BCUT2D eigenvalue weighted by Crippen LogP contribution is 2.28. The van der Waals surface area contributed by atoms with E-state index in [1.54, 1.807) is 35.2 Å². The number of nitrogens with zero attached hydrogens (tertiary/aromatic N) is 4. The molecule has 0 spiro atoms. The summed E-state index contributed by atoms with van der Waals surface area (Å²) in [4.78, 5) is 26.9. The van der Waals surface area contributed by atoms with E-state index in [9.17, 15) is 4.79 Å². The molecule has 0 unspecified atom stereocenters. The van der Waals surface area contributed by atoms with Crippen molar-refractivity contribution in [3.63, 3.8) is 0 Å². The smallest absolute Gasteiger partial charge is 0.262 e. The first kappa shape index (κ1) is 21.4. The molecule has 3 heterocycles. The topological polar surface area (TPSA) is 73.8 Å². The quantitative estimate of drug-likeness (QED) is 0.230. The summed E-state index contributed by atoms with van der Waals surface area (Å²) in [6.45, 7) is 2.28. The molecular weight excluding hydrogens is 456 g/mol. The van der Waals surface area contributed by atoms with Crippen molar-refractivity contribution in [3.8, 4) is 11.5 Å². The van der Waals surface area contributed by atoms with E-state index < -0.39 is 0 Å². The van der Waals surface area contributed by atoms with Crippen molar-refractivity contribution < 1.29 is 4.42 Å². The van der Waals surface area contributed by atoms with E-state index in [0.29, 0.717) is 39.3 Å². The van der Waals surface area contributed by atoms with E-state index in [2.05, 4.69) is 9.97 Å². The van der Waals surface area contributed by atoms with Gasteiger partial charge in [0.2, 0.25) is 5.89 Å². The zero-order valence-electron chi connectivity index (χ0n) is 17.7. The number of halogens is 1. The summed E-state index contributed by atoms with van der Waals surface area (Å²) in [6, 6.07) is 18.6. The number of fused-ring (bicyclic) bond motifs is 1. The van der Waals surface area contributed by atoms with Gasteiger partial charge in [-0.15, -0.1) is 0 Å². The Labute approximate surface area is 199 Å². The lowest BCUT2D eigenvalue weighted by Crippen LogP contribution is -2.24. The highest BCUT2D eigenvalue weighted by Gasteiger charge is 2.16. The molecule has 6 nitrogen and oxygen atoms in total. The minimum absolute atomic E-state index is 0.0781. The minimum Gasteiger partial charge on any atom is -0.441 e. The number of oxazole rings is 1. The van der Waals surface area contributed by atoms with Gasteiger partial charge in [-0.2, -0.15) is 0 Å². The zero-order valence-corrected chi connectivity index (χ0v) is 19.3. The molecule has 5 rings (SSSR count). The molecule has 0 aliphatic carbocycles. The van der Waals surface area contributed by atoms with Gasteiger partial charge in [-0.05, 0) is 55.0 Å². The summed E-state index contributed by atoms with van der Waals surface area (Å²) in [5.74, 6) is 1.79. The highest BCUT2D eigenvalue weighted by molar-refractivity contribution is 7.98. The lowest BCUT2D eigenvalue weighted by Gasteiger charge is -2.12. The fourth-order valence-electron chi connectivity index (χ4n) is 3.48. The molecule has 0 bridgehead atoms. The van der Waals surface area contributed by atoms with E-state index in [0.717, 1.165) is 22.6 Å². The van der Waals surface area contributed by atoms with Crippen molar-refractivity contribution in [3.05, 3.63) is 105 Å². The van der Waals surface area contributed by atoms with Crippen LogP contribution in [0.25, 0.3) is 22.4 Å². The number of aryl methyl sites for hydroxylation is 1. The number of benzene rings is 2. The lowest BCUT2D eigenvalue weighted by atomic mass is 10.2. The van der Waals surface area contributed by atoms with Crippen LogP contribution in [-0.2, 0) is 12.3 Å². The van der Waals surface area contributed by atoms with Crippen molar-refractivity contribution in [1.29, 1.82) is 0 Å². The maximum absolute atomic E-state index is 13.3. The fraction of sp³-hybridized carbons (Fsp3) is 0.120. The Hall–Kier alpha value is -3.42. The third kappa shape index (κ3) is 4.55. The van der Waals surface area contributed by atoms with Gasteiger partial charge in [-0.25, -0.2) is 9.97 Å². The molecule has 0 amide bonds. The number of rotatable bonds is 6. The van der Waals surface area contributed by atoms with Crippen molar-refractivity contribution in [1.82, 2.24) is 19.5 Å². The second kappa shape index (κ2) is 9.21. The van der Waals surface area contributed by atoms with E-state index >= 15 is 0 Å². The number of hydrogen-bond donors (Lipinski definition) is 0. The maximum Gasteiger partial charge on any atom is 0.262 e. The van der Waals surface area contributed by atoms with Crippen molar-refractivity contribution >= 4 is 34.3 Å². The Morgan fingerprint density at radius 1 is 1.03 bits per heavy atom. The Morgan fingerprint density at radius 2 is 1.85 bits per heavy atom. The summed E-state index contributed by atoms with van der Waals surface area (Å²) in [5, 5.41) is 1.87. The van der Waals surface area contributed by atoms with Gasteiger partial charge >= 0.3 is 0 Å². The van der Waals surface area contributed by atoms with Crippen LogP contribution in [0.1, 0.15) is 17.0 Å². The van der Waals surface area contributed by atoms with Crippen LogP contribution < -0.4 is 5.56 Å². The Bertz CT molecular complexity index is 1480.